The quantitative estimate of drug-likeness (QED) is 0.562. The third-order valence-corrected chi connectivity index (χ3v) is 4.37. The number of methoxy groups -OCH3 is 1. The number of hydrogen-bond acceptors (Lipinski definition) is 3. The van der Waals surface area contributed by atoms with Crippen LogP contribution in [0.25, 0.3) is 5.57 Å². The summed E-state index contributed by atoms with van der Waals surface area (Å²) in [5.41, 5.74) is 2.59. The fourth-order valence-corrected chi connectivity index (χ4v) is 2.93. The zero-order valence-electron chi connectivity index (χ0n) is 14.4. The molecule has 0 unspecified atom stereocenters. The Morgan fingerprint density at radius 2 is 1.84 bits per heavy atom. The summed E-state index contributed by atoms with van der Waals surface area (Å²) in [6.07, 6.45) is 1.91. The fourth-order valence-electron chi connectivity index (χ4n) is 2.93. The lowest BCUT2D eigenvalue weighted by Gasteiger charge is -2.14. The summed E-state index contributed by atoms with van der Waals surface area (Å²) in [5.74, 6) is -0.448. The van der Waals surface area contributed by atoms with E-state index in [4.69, 9.17) is 9.47 Å². The molecular weight excluding hydrogens is 319 g/mol. The number of halogens is 1. The van der Waals surface area contributed by atoms with Crippen molar-refractivity contribution in [2.45, 2.75) is 26.4 Å². The molecule has 0 N–H and O–H groups in total. The highest BCUT2D eigenvalue weighted by Gasteiger charge is 2.32. The molecule has 1 aliphatic carbocycles. The van der Waals surface area contributed by atoms with E-state index >= 15 is 4.39 Å². The topological polar surface area (TPSA) is 35.5 Å². The maximum Gasteiger partial charge on any atom is 0.333 e. The molecular formula is C21H21FO3. The van der Waals surface area contributed by atoms with Crippen LogP contribution in [0.2, 0.25) is 0 Å². The molecule has 25 heavy (non-hydrogen) atoms. The predicted octanol–water partition coefficient (Wildman–Crippen LogP) is 4.76. The highest BCUT2D eigenvalue weighted by atomic mass is 19.1. The zero-order chi connectivity index (χ0) is 17.8. The monoisotopic (exact) mass is 340 g/mol. The average Bonchev–Trinajstić information content (AvgIpc) is 3.47. The van der Waals surface area contributed by atoms with Crippen molar-refractivity contribution in [1.29, 1.82) is 0 Å². The Labute approximate surface area is 147 Å². The minimum atomic E-state index is -0.427. The zero-order valence-corrected chi connectivity index (χ0v) is 14.4. The van der Waals surface area contributed by atoms with Crippen molar-refractivity contribution >= 4 is 11.5 Å². The summed E-state index contributed by atoms with van der Waals surface area (Å²) >= 11 is 0. The highest BCUT2D eigenvalue weighted by Crippen LogP contribution is 2.45. The molecule has 0 saturated heterocycles. The number of rotatable bonds is 6. The van der Waals surface area contributed by atoms with E-state index in [2.05, 4.69) is 0 Å². The van der Waals surface area contributed by atoms with Crippen LogP contribution in [0.4, 0.5) is 4.39 Å². The van der Waals surface area contributed by atoms with E-state index in [1.807, 2.05) is 30.3 Å². The van der Waals surface area contributed by atoms with Gasteiger partial charge in [-0.1, -0.05) is 42.5 Å². The predicted molar refractivity (Wildman–Crippen MR) is 94.5 cm³/mol. The van der Waals surface area contributed by atoms with Gasteiger partial charge in [-0.3, -0.25) is 0 Å². The number of ether oxygens (including phenoxy) is 2. The number of carbonyl (C=O) groups is 1. The third kappa shape index (κ3) is 3.90. The molecule has 2 aromatic carbocycles. The maximum atomic E-state index is 15.0. The number of esters is 1. The fraction of sp³-hybridized carbons (Fsp3) is 0.286. The Hall–Kier alpha value is -2.62. The normalized spacial score (nSPS) is 14.7. The van der Waals surface area contributed by atoms with Crippen LogP contribution >= 0.6 is 0 Å². The summed E-state index contributed by atoms with van der Waals surface area (Å²) in [7, 11) is 1.34. The molecule has 0 aliphatic heterocycles. The average molecular weight is 340 g/mol. The summed E-state index contributed by atoms with van der Waals surface area (Å²) < 4.78 is 25.5. The lowest BCUT2D eigenvalue weighted by Crippen LogP contribution is -2.07. The van der Waals surface area contributed by atoms with E-state index in [1.54, 1.807) is 25.1 Å². The Morgan fingerprint density at radius 3 is 2.48 bits per heavy atom. The lowest BCUT2D eigenvalue weighted by atomic mass is 9.95. The van der Waals surface area contributed by atoms with Crippen molar-refractivity contribution in [3.63, 3.8) is 0 Å². The van der Waals surface area contributed by atoms with E-state index < -0.39 is 11.8 Å². The van der Waals surface area contributed by atoms with Gasteiger partial charge in [-0.05, 0) is 42.9 Å². The van der Waals surface area contributed by atoms with Crippen molar-refractivity contribution in [3.05, 3.63) is 71.0 Å². The minimum absolute atomic E-state index is 0.192. The van der Waals surface area contributed by atoms with Crippen molar-refractivity contribution in [1.82, 2.24) is 0 Å². The molecule has 2 aromatic rings. The second kappa shape index (κ2) is 7.51. The first-order chi connectivity index (χ1) is 12.1. The van der Waals surface area contributed by atoms with Crippen LogP contribution in [0.5, 0.6) is 5.75 Å². The van der Waals surface area contributed by atoms with Gasteiger partial charge in [0.25, 0.3) is 0 Å². The van der Waals surface area contributed by atoms with E-state index in [0.717, 1.165) is 24.0 Å². The smallest absolute Gasteiger partial charge is 0.333 e. The minimum Gasteiger partial charge on any atom is -0.486 e. The van der Waals surface area contributed by atoms with Crippen LogP contribution in [-0.2, 0) is 16.1 Å². The van der Waals surface area contributed by atoms with Crippen LogP contribution < -0.4 is 4.74 Å². The van der Waals surface area contributed by atoms with E-state index in [-0.39, 0.29) is 11.7 Å². The van der Waals surface area contributed by atoms with Crippen LogP contribution in [0, 0.1) is 11.7 Å². The van der Waals surface area contributed by atoms with Gasteiger partial charge in [-0.25, -0.2) is 9.18 Å². The summed E-state index contributed by atoms with van der Waals surface area (Å²) in [6.45, 7) is 1.98. The Bertz CT molecular complexity index is 792. The van der Waals surface area contributed by atoms with Gasteiger partial charge >= 0.3 is 5.97 Å². The second-order valence-electron chi connectivity index (χ2n) is 6.20. The van der Waals surface area contributed by atoms with Gasteiger partial charge in [0.15, 0.2) is 11.6 Å². The summed E-state index contributed by atoms with van der Waals surface area (Å²) in [6, 6.07) is 14.7. The molecule has 3 rings (SSSR count). The standard InChI is InChI=1S/C21H21FO3/c1-14(21(23)24-2)19(16-11-12-16)17-9-6-10-18(20(17)22)25-13-15-7-4-3-5-8-15/h3-10,16H,11-13H2,1-2H3/b19-14-. The Morgan fingerprint density at radius 1 is 1.12 bits per heavy atom. The van der Waals surface area contributed by atoms with Crippen molar-refractivity contribution in [2.75, 3.05) is 7.11 Å². The molecule has 3 nitrogen and oxygen atoms in total. The third-order valence-electron chi connectivity index (χ3n) is 4.37. The van der Waals surface area contributed by atoms with Crippen LogP contribution in [0.1, 0.15) is 30.9 Å². The molecule has 1 fully saturated rings. The van der Waals surface area contributed by atoms with E-state index in [0.29, 0.717) is 17.7 Å². The van der Waals surface area contributed by atoms with Gasteiger partial charge in [0.2, 0.25) is 0 Å². The van der Waals surface area contributed by atoms with Gasteiger partial charge in [-0.2, -0.15) is 0 Å². The highest BCUT2D eigenvalue weighted by molar-refractivity contribution is 5.98. The lowest BCUT2D eigenvalue weighted by molar-refractivity contribution is -0.135. The SMILES string of the molecule is COC(=O)/C(C)=C(\c1cccc(OCc2ccccc2)c1F)C1CC1. The summed E-state index contributed by atoms with van der Waals surface area (Å²) in [4.78, 5) is 11.9. The molecule has 1 aliphatic rings. The number of hydrogen-bond donors (Lipinski definition) is 0. The van der Waals surface area contributed by atoms with Gasteiger partial charge < -0.3 is 9.47 Å². The van der Waals surface area contributed by atoms with E-state index in [9.17, 15) is 4.79 Å². The van der Waals surface area contributed by atoms with Crippen LogP contribution in [-0.4, -0.2) is 13.1 Å². The molecule has 1 saturated carbocycles. The first-order valence-corrected chi connectivity index (χ1v) is 8.36. The van der Waals surface area contributed by atoms with Crippen molar-refractivity contribution < 1.29 is 18.7 Å². The molecule has 0 bridgehead atoms. The largest absolute Gasteiger partial charge is 0.486 e. The first-order valence-electron chi connectivity index (χ1n) is 8.36. The van der Waals surface area contributed by atoms with Crippen molar-refractivity contribution in [3.8, 4) is 5.75 Å². The van der Waals surface area contributed by atoms with Gasteiger partial charge in [0.05, 0.1) is 7.11 Å². The molecule has 130 valence electrons. The molecule has 0 amide bonds. The van der Waals surface area contributed by atoms with Crippen LogP contribution in [0.15, 0.2) is 54.1 Å². The van der Waals surface area contributed by atoms with Crippen molar-refractivity contribution in [2.24, 2.45) is 5.92 Å². The molecule has 0 aromatic heterocycles. The maximum absolute atomic E-state index is 15.0. The molecule has 0 atom stereocenters. The number of carbonyl (C=O) groups excluding carboxylic acids is 1. The van der Waals surface area contributed by atoms with Gasteiger partial charge in [0, 0.05) is 11.1 Å². The molecule has 4 heteroatoms. The van der Waals surface area contributed by atoms with Gasteiger partial charge in [0.1, 0.15) is 6.61 Å². The first kappa shape index (κ1) is 17.2. The van der Waals surface area contributed by atoms with Crippen LogP contribution in [0.3, 0.4) is 0 Å². The van der Waals surface area contributed by atoms with Gasteiger partial charge in [-0.15, -0.1) is 0 Å². The summed E-state index contributed by atoms with van der Waals surface area (Å²) in [5, 5.41) is 0. The number of benzene rings is 2. The second-order valence-corrected chi connectivity index (χ2v) is 6.20. The Kier molecular flexibility index (Phi) is 5.17. The molecule has 0 spiro atoms. The Balaban J connectivity index is 1.90. The molecule has 0 heterocycles. The number of allylic oxidation sites excluding steroid dienone is 1. The molecule has 0 radical (unpaired) electrons. The van der Waals surface area contributed by atoms with E-state index in [1.165, 1.54) is 7.11 Å².